The van der Waals surface area contributed by atoms with E-state index >= 15 is 0 Å². The maximum absolute atomic E-state index is 12.8. The molecule has 0 saturated heterocycles. The van der Waals surface area contributed by atoms with Gasteiger partial charge in [-0.05, 0) is 30.3 Å². The summed E-state index contributed by atoms with van der Waals surface area (Å²) >= 11 is 6.10. The molecule has 152 valence electrons. The Morgan fingerprint density at radius 2 is 1.79 bits per heavy atom. The zero-order valence-corrected chi connectivity index (χ0v) is 17.4. The third-order valence-corrected chi connectivity index (χ3v) is 6.93. The fourth-order valence-corrected chi connectivity index (χ4v) is 4.86. The molecule has 0 unspecified atom stereocenters. The SMILES string of the molecule is CCN(CC)S(=O)(=O)c1cc(NC(=O)c2cc3ccccc3oc2=O)ccc1Cl. The molecule has 2 aromatic carbocycles. The van der Waals surface area contributed by atoms with Crippen molar-refractivity contribution in [3.63, 3.8) is 0 Å². The molecule has 0 radical (unpaired) electrons. The molecular formula is C20H19ClN2O5S. The summed E-state index contributed by atoms with van der Waals surface area (Å²) in [7, 11) is -3.82. The summed E-state index contributed by atoms with van der Waals surface area (Å²) < 4.78 is 32.0. The first-order valence-corrected chi connectivity index (χ1v) is 10.7. The summed E-state index contributed by atoms with van der Waals surface area (Å²) in [4.78, 5) is 24.6. The van der Waals surface area contributed by atoms with Gasteiger partial charge in [-0.25, -0.2) is 13.2 Å². The largest absolute Gasteiger partial charge is 0.422 e. The highest BCUT2D eigenvalue weighted by Gasteiger charge is 2.25. The Morgan fingerprint density at radius 3 is 2.48 bits per heavy atom. The lowest BCUT2D eigenvalue weighted by molar-refractivity contribution is 0.102. The van der Waals surface area contributed by atoms with E-state index in [1.54, 1.807) is 38.1 Å². The number of halogens is 1. The molecule has 0 atom stereocenters. The molecule has 1 N–H and O–H groups in total. The van der Waals surface area contributed by atoms with Gasteiger partial charge < -0.3 is 9.73 Å². The van der Waals surface area contributed by atoms with Crippen molar-refractivity contribution in [1.82, 2.24) is 4.31 Å². The number of nitrogens with one attached hydrogen (secondary N) is 1. The summed E-state index contributed by atoms with van der Waals surface area (Å²) in [5, 5.41) is 3.18. The maximum atomic E-state index is 12.8. The Balaban J connectivity index is 1.96. The van der Waals surface area contributed by atoms with Gasteiger partial charge in [-0.15, -0.1) is 0 Å². The molecule has 1 amide bonds. The Kier molecular flexibility index (Phi) is 6.07. The lowest BCUT2D eigenvalue weighted by Gasteiger charge is -2.19. The Hall–Kier alpha value is -2.68. The normalized spacial score (nSPS) is 11.7. The minimum atomic E-state index is -3.82. The van der Waals surface area contributed by atoms with E-state index in [-0.39, 0.29) is 34.3 Å². The minimum Gasteiger partial charge on any atom is -0.422 e. The highest BCUT2D eigenvalue weighted by molar-refractivity contribution is 7.89. The van der Waals surface area contributed by atoms with Crippen LogP contribution < -0.4 is 10.9 Å². The summed E-state index contributed by atoms with van der Waals surface area (Å²) in [6.07, 6.45) is 0. The molecule has 0 fully saturated rings. The number of carbonyl (C=O) groups excluding carboxylic acids is 1. The molecule has 3 rings (SSSR count). The van der Waals surface area contributed by atoms with Crippen LogP contribution in [-0.2, 0) is 10.0 Å². The van der Waals surface area contributed by atoms with Crippen molar-refractivity contribution in [3.05, 3.63) is 69.5 Å². The van der Waals surface area contributed by atoms with Crippen LogP contribution in [0.2, 0.25) is 5.02 Å². The molecule has 0 spiro atoms. The smallest absolute Gasteiger partial charge is 0.349 e. The standard InChI is InChI=1S/C20H19ClN2O5S/c1-3-23(4-2)29(26,27)18-12-14(9-10-16(18)21)22-19(24)15-11-13-7-5-6-8-17(13)28-20(15)25/h5-12H,3-4H2,1-2H3,(H,22,24). The first-order chi connectivity index (χ1) is 13.8. The molecule has 29 heavy (non-hydrogen) atoms. The third-order valence-electron chi connectivity index (χ3n) is 4.40. The van der Waals surface area contributed by atoms with Crippen molar-refractivity contribution in [2.24, 2.45) is 0 Å². The quantitative estimate of drug-likeness (QED) is 0.596. The molecule has 1 heterocycles. The Labute approximate surface area is 172 Å². The van der Waals surface area contributed by atoms with Crippen LogP contribution in [0, 0.1) is 0 Å². The topological polar surface area (TPSA) is 96.7 Å². The van der Waals surface area contributed by atoms with E-state index in [0.29, 0.717) is 11.0 Å². The van der Waals surface area contributed by atoms with Crippen molar-refractivity contribution < 1.29 is 17.6 Å². The third kappa shape index (κ3) is 4.19. The van der Waals surface area contributed by atoms with Crippen LogP contribution in [0.25, 0.3) is 11.0 Å². The fraction of sp³-hybridized carbons (Fsp3) is 0.200. The van der Waals surface area contributed by atoms with Gasteiger partial charge in [0.15, 0.2) is 0 Å². The number of nitrogens with zero attached hydrogens (tertiary/aromatic N) is 1. The van der Waals surface area contributed by atoms with Crippen LogP contribution in [0.4, 0.5) is 5.69 Å². The molecule has 1 aromatic heterocycles. The number of para-hydroxylation sites is 1. The van der Waals surface area contributed by atoms with E-state index in [4.69, 9.17) is 16.0 Å². The predicted octanol–water partition coefficient (Wildman–Crippen LogP) is 3.73. The van der Waals surface area contributed by atoms with Gasteiger partial charge >= 0.3 is 5.63 Å². The molecule has 0 saturated carbocycles. The van der Waals surface area contributed by atoms with Crippen LogP contribution in [-0.4, -0.2) is 31.7 Å². The van der Waals surface area contributed by atoms with Gasteiger partial charge in [0.05, 0.1) is 5.02 Å². The number of fused-ring (bicyclic) bond motifs is 1. The summed E-state index contributed by atoms with van der Waals surface area (Å²) in [5.74, 6) is -0.710. The van der Waals surface area contributed by atoms with Crippen molar-refractivity contribution in [2.45, 2.75) is 18.7 Å². The number of hydrogen-bond acceptors (Lipinski definition) is 5. The second-order valence-corrected chi connectivity index (χ2v) is 8.49. The Bertz CT molecular complexity index is 1230. The first-order valence-electron chi connectivity index (χ1n) is 8.91. The number of hydrogen-bond donors (Lipinski definition) is 1. The van der Waals surface area contributed by atoms with Crippen LogP contribution in [0.3, 0.4) is 0 Å². The van der Waals surface area contributed by atoms with Crippen molar-refractivity contribution >= 4 is 44.2 Å². The molecule has 0 aliphatic heterocycles. The lowest BCUT2D eigenvalue weighted by atomic mass is 10.1. The number of sulfonamides is 1. The zero-order chi connectivity index (χ0) is 21.2. The maximum Gasteiger partial charge on any atom is 0.349 e. The average Bonchev–Trinajstić information content (AvgIpc) is 2.69. The van der Waals surface area contributed by atoms with Gasteiger partial charge in [0, 0.05) is 24.2 Å². The molecule has 0 aliphatic rings. The average molecular weight is 435 g/mol. The number of anilines is 1. The Morgan fingerprint density at radius 1 is 1.10 bits per heavy atom. The van der Waals surface area contributed by atoms with Gasteiger partial charge in [0.2, 0.25) is 10.0 Å². The molecule has 7 nitrogen and oxygen atoms in total. The number of amides is 1. The van der Waals surface area contributed by atoms with Gasteiger partial charge in [0.25, 0.3) is 5.91 Å². The zero-order valence-electron chi connectivity index (χ0n) is 15.8. The molecule has 0 bridgehead atoms. The van der Waals surface area contributed by atoms with Crippen molar-refractivity contribution in [2.75, 3.05) is 18.4 Å². The van der Waals surface area contributed by atoms with Crippen molar-refractivity contribution in [1.29, 1.82) is 0 Å². The van der Waals surface area contributed by atoms with E-state index in [1.807, 2.05) is 0 Å². The second kappa shape index (κ2) is 8.36. The molecule has 3 aromatic rings. The lowest BCUT2D eigenvalue weighted by Crippen LogP contribution is -2.31. The van der Waals surface area contributed by atoms with E-state index in [0.717, 1.165) is 0 Å². The van der Waals surface area contributed by atoms with Crippen LogP contribution >= 0.6 is 11.6 Å². The number of rotatable bonds is 6. The van der Waals surface area contributed by atoms with Gasteiger partial charge in [-0.2, -0.15) is 4.31 Å². The van der Waals surface area contributed by atoms with E-state index in [9.17, 15) is 18.0 Å². The first kappa shape index (κ1) is 21.0. The summed E-state index contributed by atoms with van der Waals surface area (Å²) in [6, 6.07) is 12.4. The fourth-order valence-electron chi connectivity index (χ4n) is 2.90. The molecule has 9 heteroatoms. The van der Waals surface area contributed by atoms with Gasteiger partial charge in [-0.3, -0.25) is 4.79 Å². The van der Waals surface area contributed by atoms with Crippen LogP contribution in [0.1, 0.15) is 24.2 Å². The molecular weight excluding hydrogens is 416 g/mol. The predicted molar refractivity (Wildman–Crippen MR) is 112 cm³/mol. The highest BCUT2D eigenvalue weighted by Crippen LogP contribution is 2.28. The van der Waals surface area contributed by atoms with Crippen LogP contribution in [0.5, 0.6) is 0 Å². The van der Waals surface area contributed by atoms with Crippen LogP contribution in [0.15, 0.2) is 62.6 Å². The minimum absolute atomic E-state index is 0.0418. The molecule has 0 aliphatic carbocycles. The number of benzene rings is 2. The van der Waals surface area contributed by atoms with E-state index < -0.39 is 21.6 Å². The monoisotopic (exact) mass is 434 g/mol. The summed E-state index contributed by atoms with van der Waals surface area (Å²) in [5.41, 5.74) is -0.413. The summed E-state index contributed by atoms with van der Waals surface area (Å²) in [6.45, 7) is 4.01. The van der Waals surface area contributed by atoms with E-state index in [1.165, 1.54) is 28.6 Å². The highest BCUT2D eigenvalue weighted by atomic mass is 35.5. The van der Waals surface area contributed by atoms with Crippen molar-refractivity contribution in [3.8, 4) is 0 Å². The van der Waals surface area contributed by atoms with E-state index in [2.05, 4.69) is 5.32 Å². The second-order valence-electron chi connectivity index (χ2n) is 6.17. The van der Waals surface area contributed by atoms with Gasteiger partial charge in [0.1, 0.15) is 16.0 Å². The van der Waals surface area contributed by atoms with Gasteiger partial charge in [-0.1, -0.05) is 43.6 Å². The number of carbonyl (C=O) groups is 1.